The highest BCUT2D eigenvalue weighted by molar-refractivity contribution is 5.95. The van der Waals surface area contributed by atoms with Gasteiger partial charge in [0.1, 0.15) is 0 Å². The summed E-state index contributed by atoms with van der Waals surface area (Å²) >= 11 is 0. The summed E-state index contributed by atoms with van der Waals surface area (Å²) in [5.74, 6) is -0.0238. The van der Waals surface area contributed by atoms with Crippen LogP contribution < -0.4 is 16.2 Å². The van der Waals surface area contributed by atoms with Crippen LogP contribution in [0.5, 0.6) is 0 Å². The van der Waals surface area contributed by atoms with Crippen molar-refractivity contribution >= 4 is 24.0 Å². The number of amides is 1. The molecule has 1 aromatic heterocycles. The van der Waals surface area contributed by atoms with E-state index in [0.717, 1.165) is 24.9 Å². The minimum atomic E-state index is -0.105. The van der Waals surface area contributed by atoms with Crippen molar-refractivity contribution in [3.05, 3.63) is 28.2 Å². The molecule has 1 aliphatic heterocycles. The van der Waals surface area contributed by atoms with Gasteiger partial charge in [0.2, 0.25) is 5.91 Å². The van der Waals surface area contributed by atoms with Crippen molar-refractivity contribution < 1.29 is 4.79 Å². The van der Waals surface area contributed by atoms with E-state index in [9.17, 15) is 9.59 Å². The first kappa shape index (κ1) is 14.7. The van der Waals surface area contributed by atoms with E-state index in [1.165, 1.54) is 10.6 Å². The number of carbonyl (C=O) groups is 1. The second-order valence-electron chi connectivity index (χ2n) is 4.46. The Morgan fingerprint density at radius 2 is 2.28 bits per heavy atom. The summed E-state index contributed by atoms with van der Waals surface area (Å²) in [6.45, 7) is 2.71. The number of aryl methyl sites for hydroxylation is 2. The number of halogens is 1. The van der Waals surface area contributed by atoms with Gasteiger partial charge in [-0.05, 0) is 31.9 Å². The molecule has 1 aromatic rings. The number of hydrogen-bond acceptors (Lipinski definition) is 3. The van der Waals surface area contributed by atoms with E-state index in [4.69, 9.17) is 0 Å². The van der Waals surface area contributed by atoms with Gasteiger partial charge in [0.25, 0.3) is 5.56 Å². The van der Waals surface area contributed by atoms with Crippen molar-refractivity contribution in [3.8, 4) is 0 Å². The summed E-state index contributed by atoms with van der Waals surface area (Å²) in [7, 11) is 1.67. The first-order chi connectivity index (χ1) is 8.08. The van der Waals surface area contributed by atoms with Crippen LogP contribution in [0.25, 0.3) is 0 Å². The number of rotatable bonds is 2. The monoisotopic (exact) mass is 271 g/mol. The third-order valence-corrected chi connectivity index (χ3v) is 3.07. The molecule has 5 nitrogen and oxygen atoms in total. The topological polar surface area (TPSA) is 63.1 Å². The average Bonchev–Trinajstić information content (AvgIpc) is 2.79. The van der Waals surface area contributed by atoms with Crippen molar-refractivity contribution in [1.82, 2.24) is 9.88 Å². The predicted octanol–water partition coefficient (Wildman–Crippen LogP) is 0.806. The number of anilines is 1. The van der Waals surface area contributed by atoms with Gasteiger partial charge in [-0.25, -0.2) is 0 Å². The Morgan fingerprint density at radius 3 is 2.89 bits per heavy atom. The molecule has 1 atom stereocenters. The highest BCUT2D eigenvalue weighted by Crippen LogP contribution is 2.13. The van der Waals surface area contributed by atoms with Gasteiger partial charge in [-0.2, -0.15) is 0 Å². The first-order valence-electron chi connectivity index (χ1n) is 5.79. The Balaban J connectivity index is 0.00000162. The van der Waals surface area contributed by atoms with Crippen LogP contribution in [0.3, 0.4) is 0 Å². The number of carbonyl (C=O) groups excluding carboxylic acids is 1. The number of nitrogens with zero attached hydrogens (tertiary/aromatic N) is 1. The van der Waals surface area contributed by atoms with E-state index in [2.05, 4.69) is 10.6 Å². The van der Waals surface area contributed by atoms with Gasteiger partial charge in [0.15, 0.2) is 0 Å². The fourth-order valence-corrected chi connectivity index (χ4v) is 1.98. The summed E-state index contributed by atoms with van der Waals surface area (Å²) in [6, 6.07) is 1.42. The molecule has 0 bridgehead atoms. The molecule has 1 unspecified atom stereocenters. The molecule has 100 valence electrons. The molecule has 2 N–H and O–H groups in total. The van der Waals surface area contributed by atoms with Gasteiger partial charge in [-0.3, -0.25) is 9.59 Å². The molecule has 1 saturated heterocycles. The molecular weight excluding hydrogens is 254 g/mol. The Kier molecular flexibility index (Phi) is 4.93. The zero-order chi connectivity index (χ0) is 12.4. The lowest BCUT2D eigenvalue weighted by atomic mass is 10.2. The molecule has 1 amide bonds. The number of pyridine rings is 1. The number of nitrogens with one attached hydrogen (secondary N) is 2. The zero-order valence-electron chi connectivity index (χ0n) is 10.5. The SMILES string of the molecule is Cc1cc(=O)n(C)cc1NC(=O)C1CCCN1.Cl. The minimum Gasteiger partial charge on any atom is -0.323 e. The van der Waals surface area contributed by atoms with Gasteiger partial charge in [0.05, 0.1) is 11.7 Å². The Morgan fingerprint density at radius 1 is 1.56 bits per heavy atom. The molecule has 2 heterocycles. The Bertz CT molecular complexity index is 493. The van der Waals surface area contributed by atoms with Gasteiger partial charge in [-0.1, -0.05) is 0 Å². The molecule has 18 heavy (non-hydrogen) atoms. The molecular formula is C12H18ClN3O2. The highest BCUT2D eigenvalue weighted by Gasteiger charge is 2.22. The van der Waals surface area contributed by atoms with E-state index >= 15 is 0 Å². The maximum atomic E-state index is 11.9. The maximum absolute atomic E-state index is 11.9. The van der Waals surface area contributed by atoms with Crippen LogP contribution in [-0.2, 0) is 11.8 Å². The van der Waals surface area contributed by atoms with Crippen LogP contribution in [0.15, 0.2) is 17.1 Å². The fourth-order valence-electron chi connectivity index (χ4n) is 1.98. The normalized spacial score (nSPS) is 18.2. The van der Waals surface area contributed by atoms with E-state index in [1.54, 1.807) is 13.2 Å². The van der Waals surface area contributed by atoms with E-state index < -0.39 is 0 Å². The number of hydrogen-bond donors (Lipinski definition) is 2. The summed E-state index contributed by atoms with van der Waals surface area (Å²) in [6.07, 6.45) is 3.56. The summed E-state index contributed by atoms with van der Waals surface area (Å²) < 4.78 is 1.46. The lowest BCUT2D eigenvalue weighted by Gasteiger charge is -2.13. The summed E-state index contributed by atoms with van der Waals surface area (Å²) in [5.41, 5.74) is 1.42. The van der Waals surface area contributed by atoms with Crippen LogP contribution >= 0.6 is 12.4 Å². The molecule has 0 radical (unpaired) electrons. The average molecular weight is 272 g/mol. The van der Waals surface area contributed by atoms with E-state index in [-0.39, 0.29) is 29.9 Å². The van der Waals surface area contributed by atoms with Crippen molar-refractivity contribution in [3.63, 3.8) is 0 Å². The van der Waals surface area contributed by atoms with Gasteiger partial charge < -0.3 is 15.2 Å². The minimum absolute atomic E-state index is 0. The summed E-state index contributed by atoms with van der Waals surface area (Å²) in [4.78, 5) is 23.3. The van der Waals surface area contributed by atoms with E-state index in [0.29, 0.717) is 5.69 Å². The van der Waals surface area contributed by atoms with Crippen LogP contribution in [0.1, 0.15) is 18.4 Å². The Labute approximate surface area is 112 Å². The predicted molar refractivity (Wildman–Crippen MR) is 73.3 cm³/mol. The second kappa shape index (κ2) is 6.02. The first-order valence-corrected chi connectivity index (χ1v) is 5.79. The second-order valence-corrected chi connectivity index (χ2v) is 4.46. The summed E-state index contributed by atoms with van der Waals surface area (Å²) in [5, 5.41) is 6.00. The van der Waals surface area contributed by atoms with Crippen LogP contribution in [-0.4, -0.2) is 23.1 Å². The molecule has 1 aliphatic rings. The molecule has 0 spiro atoms. The lowest BCUT2D eigenvalue weighted by Crippen LogP contribution is -2.36. The standard InChI is InChI=1S/C12H17N3O2.ClH/c1-8-6-11(16)15(2)7-10(8)14-12(17)9-4-3-5-13-9;/h6-7,9,13H,3-5H2,1-2H3,(H,14,17);1H. The molecule has 1 fully saturated rings. The number of aromatic nitrogens is 1. The van der Waals surface area contributed by atoms with Crippen LogP contribution in [0.4, 0.5) is 5.69 Å². The van der Waals surface area contributed by atoms with E-state index in [1.807, 2.05) is 6.92 Å². The van der Waals surface area contributed by atoms with Crippen molar-refractivity contribution in [2.24, 2.45) is 7.05 Å². The van der Waals surface area contributed by atoms with Crippen LogP contribution in [0.2, 0.25) is 0 Å². The molecule has 2 rings (SSSR count). The molecule has 0 saturated carbocycles. The highest BCUT2D eigenvalue weighted by atomic mass is 35.5. The van der Waals surface area contributed by atoms with Gasteiger partial charge in [0, 0.05) is 19.3 Å². The molecule has 0 aromatic carbocycles. The van der Waals surface area contributed by atoms with Crippen LogP contribution in [0, 0.1) is 6.92 Å². The maximum Gasteiger partial charge on any atom is 0.250 e. The third kappa shape index (κ3) is 3.11. The quantitative estimate of drug-likeness (QED) is 0.837. The fraction of sp³-hybridized carbons (Fsp3) is 0.500. The Hall–Kier alpha value is -1.33. The van der Waals surface area contributed by atoms with Crippen molar-refractivity contribution in [1.29, 1.82) is 0 Å². The smallest absolute Gasteiger partial charge is 0.250 e. The van der Waals surface area contributed by atoms with Gasteiger partial charge >= 0.3 is 0 Å². The molecule has 0 aliphatic carbocycles. The zero-order valence-corrected chi connectivity index (χ0v) is 11.3. The van der Waals surface area contributed by atoms with Crippen molar-refractivity contribution in [2.75, 3.05) is 11.9 Å². The lowest BCUT2D eigenvalue weighted by molar-refractivity contribution is -0.117. The van der Waals surface area contributed by atoms with Gasteiger partial charge in [-0.15, -0.1) is 12.4 Å². The largest absolute Gasteiger partial charge is 0.323 e. The molecule has 6 heteroatoms. The van der Waals surface area contributed by atoms with Crippen molar-refractivity contribution in [2.45, 2.75) is 25.8 Å². The third-order valence-electron chi connectivity index (χ3n) is 3.07.